The summed E-state index contributed by atoms with van der Waals surface area (Å²) in [4.78, 5) is 4.46. The van der Waals surface area contributed by atoms with Crippen molar-refractivity contribution >= 4 is 39.8 Å². The van der Waals surface area contributed by atoms with Crippen molar-refractivity contribution in [2.24, 2.45) is 0 Å². The lowest BCUT2D eigenvalue weighted by molar-refractivity contribution is 0.296. The molecule has 0 spiro atoms. The first-order valence-electron chi connectivity index (χ1n) is 4.77. The zero-order valence-corrected chi connectivity index (χ0v) is 11.0. The number of rotatable bonds is 7. The zero-order chi connectivity index (χ0) is 11.8. The van der Waals surface area contributed by atoms with Crippen LogP contribution in [-0.4, -0.2) is 34.7 Å². The molecule has 0 aliphatic rings. The topological polar surface area (TPSA) is 68.9 Å². The fourth-order valence-corrected chi connectivity index (χ4v) is 2.70. The third kappa shape index (κ3) is 4.58. The monoisotopic (exact) mass is 277 g/mol. The number of thioether (sulfide) groups is 1. The molecule has 0 bridgehead atoms. The molecule has 4 nitrogen and oxygen atoms in total. The van der Waals surface area contributed by atoms with Gasteiger partial charge in [-0.15, -0.1) is 0 Å². The van der Waals surface area contributed by atoms with E-state index in [1.54, 1.807) is 11.8 Å². The fourth-order valence-electron chi connectivity index (χ4n) is 0.945. The number of anilines is 1. The minimum atomic E-state index is 0.244. The lowest BCUT2D eigenvalue weighted by atomic mass is 10.5. The minimum Gasteiger partial charge on any atom is -0.396 e. The van der Waals surface area contributed by atoms with Gasteiger partial charge in [0.25, 0.3) is 0 Å². The van der Waals surface area contributed by atoms with E-state index in [-0.39, 0.29) is 11.8 Å². The van der Waals surface area contributed by atoms with Gasteiger partial charge in [0.15, 0.2) is 10.3 Å². The van der Waals surface area contributed by atoms with Gasteiger partial charge < -0.3 is 10.4 Å². The Morgan fingerprint density at radius 1 is 1.56 bits per heavy atom. The molecule has 1 aromatic rings. The number of nitrogens with zero attached hydrogens (tertiary/aromatic N) is 2. The number of hydrogen-bond acceptors (Lipinski definition) is 6. The number of thiazole rings is 1. The third-order valence-corrected chi connectivity index (χ3v) is 4.03. The molecule has 0 radical (unpaired) electrons. The normalized spacial score (nSPS) is 10.1. The molecule has 0 unspecified atom stereocenters. The molecule has 1 aromatic heterocycles. The van der Waals surface area contributed by atoms with Gasteiger partial charge in [-0.25, -0.2) is 4.98 Å². The van der Waals surface area contributed by atoms with Crippen molar-refractivity contribution in [2.45, 2.75) is 6.42 Å². The molecule has 0 amide bonds. The van der Waals surface area contributed by atoms with Gasteiger partial charge in [-0.1, -0.05) is 22.9 Å². The number of hydrogen-bond donors (Lipinski definition) is 2. The summed E-state index contributed by atoms with van der Waals surface area (Å²) >= 11 is 8.76. The van der Waals surface area contributed by atoms with Gasteiger partial charge in [0, 0.05) is 18.9 Å². The van der Waals surface area contributed by atoms with Crippen LogP contribution in [-0.2, 0) is 0 Å². The maximum atomic E-state index is 8.68. The fraction of sp³-hybridized carbons (Fsp3) is 0.556. The number of aliphatic hydroxyl groups is 1. The quantitative estimate of drug-likeness (QED) is 0.748. The third-order valence-electron chi connectivity index (χ3n) is 1.66. The van der Waals surface area contributed by atoms with Crippen LogP contribution in [0.2, 0.25) is 5.15 Å². The summed E-state index contributed by atoms with van der Waals surface area (Å²) in [6, 6.07) is 1.99. The molecule has 0 aromatic carbocycles. The SMILES string of the molecule is N#Cc1sc(NCCSCCCO)nc1Cl. The Hall–Kier alpha value is -0.480. The van der Waals surface area contributed by atoms with Gasteiger partial charge in [-0.2, -0.15) is 17.0 Å². The van der Waals surface area contributed by atoms with Gasteiger partial charge in [0.05, 0.1) is 0 Å². The highest BCUT2D eigenvalue weighted by Crippen LogP contribution is 2.25. The highest BCUT2D eigenvalue weighted by molar-refractivity contribution is 7.99. The Morgan fingerprint density at radius 3 is 3.00 bits per heavy atom. The van der Waals surface area contributed by atoms with Gasteiger partial charge in [-0.05, 0) is 12.2 Å². The first-order chi connectivity index (χ1) is 7.77. The Balaban J connectivity index is 2.20. The first-order valence-corrected chi connectivity index (χ1v) is 7.11. The molecule has 16 heavy (non-hydrogen) atoms. The van der Waals surface area contributed by atoms with Crippen molar-refractivity contribution in [2.75, 3.05) is 30.0 Å². The van der Waals surface area contributed by atoms with Crippen LogP contribution in [0.25, 0.3) is 0 Å². The molecule has 7 heteroatoms. The lowest BCUT2D eigenvalue weighted by Gasteiger charge is -2.01. The van der Waals surface area contributed by atoms with E-state index in [1.165, 1.54) is 11.3 Å². The molecule has 0 atom stereocenters. The molecule has 0 aliphatic carbocycles. The van der Waals surface area contributed by atoms with Crippen LogP contribution in [0.3, 0.4) is 0 Å². The first kappa shape index (κ1) is 13.6. The van der Waals surface area contributed by atoms with Crippen LogP contribution in [0.4, 0.5) is 5.13 Å². The van der Waals surface area contributed by atoms with Crippen LogP contribution >= 0.6 is 34.7 Å². The van der Waals surface area contributed by atoms with E-state index in [1.807, 2.05) is 6.07 Å². The predicted octanol–water partition coefficient (Wildman–Crippen LogP) is 2.20. The number of nitriles is 1. The molecule has 0 aliphatic heterocycles. The van der Waals surface area contributed by atoms with Gasteiger partial charge in [0.2, 0.25) is 0 Å². The van der Waals surface area contributed by atoms with Gasteiger partial charge in [0.1, 0.15) is 10.9 Å². The molecular formula is C9H12ClN3OS2. The standard InChI is InChI=1S/C9H12ClN3OS2/c10-8-7(6-11)16-9(13-8)12-2-5-15-4-1-3-14/h14H,1-5H2,(H,12,13). The average molecular weight is 278 g/mol. The van der Waals surface area contributed by atoms with Crippen LogP contribution < -0.4 is 5.32 Å². The molecule has 0 fully saturated rings. The average Bonchev–Trinajstić information content (AvgIpc) is 2.64. The molecule has 0 saturated heterocycles. The van der Waals surface area contributed by atoms with Crippen LogP contribution in [0.15, 0.2) is 0 Å². The molecule has 1 heterocycles. The summed E-state index contributed by atoms with van der Waals surface area (Å²) in [5.74, 6) is 1.90. The Kier molecular flexibility index (Phi) is 6.57. The van der Waals surface area contributed by atoms with Gasteiger partial charge >= 0.3 is 0 Å². The van der Waals surface area contributed by atoms with Crippen molar-refractivity contribution in [3.63, 3.8) is 0 Å². The molecule has 1 rings (SSSR count). The Labute approximate surface area is 108 Å². The molecular weight excluding hydrogens is 266 g/mol. The van der Waals surface area contributed by atoms with E-state index in [2.05, 4.69) is 10.3 Å². The number of nitrogens with one attached hydrogen (secondary N) is 1. The maximum absolute atomic E-state index is 8.68. The summed E-state index contributed by atoms with van der Waals surface area (Å²) in [7, 11) is 0. The van der Waals surface area contributed by atoms with E-state index in [9.17, 15) is 0 Å². The Bertz CT molecular complexity index is 364. The summed E-state index contributed by atoms with van der Waals surface area (Å²) < 4.78 is 0. The summed E-state index contributed by atoms with van der Waals surface area (Å²) in [6.07, 6.45) is 0.826. The number of halogens is 1. The predicted molar refractivity (Wildman–Crippen MR) is 69.4 cm³/mol. The van der Waals surface area contributed by atoms with E-state index in [0.29, 0.717) is 10.0 Å². The van der Waals surface area contributed by atoms with E-state index >= 15 is 0 Å². The lowest BCUT2D eigenvalue weighted by Crippen LogP contribution is -2.04. The summed E-state index contributed by atoms with van der Waals surface area (Å²) in [6.45, 7) is 1.03. The Morgan fingerprint density at radius 2 is 2.38 bits per heavy atom. The number of aromatic nitrogens is 1. The smallest absolute Gasteiger partial charge is 0.185 e. The van der Waals surface area contributed by atoms with Crippen LogP contribution in [0.1, 0.15) is 11.3 Å². The summed E-state index contributed by atoms with van der Waals surface area (Å²) in [5.41, 5.74) is 0. The maximum Gasteiger partial charge on any atom is 0.185 e. The van der Waals surface area contributed by atoms with Crippen molar-refractivity contribution in [1.82, 2.24) is 4.98 Å². The minimum absolute atomic E-state index is 0.244. The summed E-state index contributed by atoms with van der Waals surface area (Å²) in [5, 5.41) is 21.3. The van der Waals surface area contributed by atoms with Crippen molar-refractivity contribution in [1.29, 1.82) is 5.26 Å². The zero-order valence-electron chi connectivity index (χ0n) is 8.57. The second-order valence-corrected chi connectivity index (χ2v) is 5.45. The van der Waals surface area contributed by atoms with Crippen molar-refractivity contribution in [3.05, 3.63) is 10.0 Å². The highest BCUT2D eigenvalue weighted by Gasteiger charge is 2.07. The van der Waals surface area contributed by atoms with E-state index < -0.39 is 0 Å². The van der Waals surface area contributed by atoms with E-state index in [4.69, 9.17) is 22.0 Å². The molecule has 0 saturated carbocycles. The van der Waals surface area contributed by atoms with Gasteiger partial charge in [-0.3, -0.25) is 0 Å². The second-order valence-electron chi connectivity index (χ2n) is 2.87. The second kappa shape index (κ2) is 7.74. The van der Waals surface area contributed by atoms with Crippen molar-refractivity contribution in [3.8, 4) is 6.07 Å². The number of aliphatic hydroxyl groups excluding tert-OH is 1. The van der Waals surface area contributed by atoms with Crippen molar-refractivity contribution < 1.29 is 5.11 Å². The van der Waals surface area contributed by atoms with Crippen LogP contribution in [0.5, 0.6) is 0 Å². The largest absolute Gasteiger partial charge is 0.396 e. The highest BCUT2D eigenvalue weighted by atomic mass is 35.5. The van der Waals surface area contributed by atoms with Crippen LogP contribution in [0, 0.1) is 11.3 Å². The molecule has 88 valence electrons. The van der Waals surface area contributed by atoms with E-state index in [0.717, 1.165) is 24.5 Å². The molecule has 2 N–H and O–H groups in total.